The summed E-state index contributed by atoms with van der Waals surface area (Å²) >= 11 is 6.33. The van der Waals surface area contributed by atoms with Crippen LogP contribution < -0.4 is 0 Å². The number of rotatable bonds is 2. The van der Waals surface area contributed by atoms with Gasteiger partial charge >= 0.3 is 6.09 Å². The largest absolute Gasteiger partial charge is 0.444 e. The van der Waals surface area contributed by atoms with E-state index in [-0.39, 0.29) is 6.09 Å². The number of fused-ring (bicyclic) bond motifs is 3. The first-order chi connectivity index (χ1) is 13.7. The number of pyridine rings is 1. The number of benzene rings is 1. The van der Waals surface area contributed by atoms with E-state index in [1.54, 1.807) is 11.2 Å². The second-order valence-corrected chi connectivity index (χ2v) is 9.04. The number of piperidine rings is 1. The van der Waals surface area contributed by atoms with Crippen molar-refractivity contribution in [3.63, 3.8) is 0 Å². The number of nitrogens with zero attached hydrogens (tertiary/aromatic N) is 4. The van der Waals surface area contributed by atoms with Crippen LogP contribution in [0.4, 0.5) is 4.79 Å². The molecule has 1 saturated heterocycles. The summed E-state index contributed by atoms with van der Waals surface area (Å²) in [5.74, 6) is 0. The smallest absolute Gasteiger partial charge is 0.410 e. The Labute approximate surface area is 174 Å². The summed E-state index contributed by atoms with van der Waals surface area (Å²) in [5, 5.41) is 12.5. The molecule has 0 unspecified atom stereocenters. The number of hydrogen-bond donors (Lipinski definition) is 1. The van der Waals surface area contributed by atoms with Gasteiger partial charge < -0.3 is 19.3 Å². The fourth-order valence-electron chi connectivity index (χ4n) is 3.77. The highest BCUT2D eigenvalue weighted by atomic mass is 35.5. The Bertz CT molecular complexity index is 1060. The minimum absolute atomic E-state index is 0.337. The van der Waals surface area contributed by atoms with Crippen molar-refractivity contribution in [3.8, 4) is 0 Å². The number of halogens is 1. The zero-order valence-corrected chi connectivity index (χ0v) is 17.6. The summed E-state index contributed by atoms with van der Waals surface area (Å²) < 4.78 is 7.38. The van der Waals surface area contributed by atoms with Crippen LogP contribution in [0.5, 0.6) is 0 Å². The summed E-state index contributed by atoms with van der Waals surface area (Å²) in [4.78, 5) is 22.8. The fraction of sp³-hybridized carbons (Fsp3) is 0.476. The quantitative estimate of drug-likeness (QED) is 0.638. The molecule has 1 aliphatic heterocycles. The molecule has 3 heterocycles. The molecular formula is C21H25ClN4O3. The van der Waals surface area contributed by atoms with Crippen molar-refractivity contribution in [2.75, 3.05) is 13.1 Å². The first kappa shape index (κ1) is 19.9. The van der Waals surface area contributed by atoms with Crippen molar-refractivity contribution in [1.82, 2.24) is 19.4 Å². The van der Waals surface area contributed by atoms with Crippen molar-refractivity contribution in [3.05, 3.63) is 35.7 Å². The number of carbonyl (C=O) groups excluding carboxylic acids is 1. The number of carbonyl (C=O) groups is 1. The molecule has 1 N–H and O–H groups in total. The van der Waals surface area contributed by atoms with Gasteiger partial charge in [0.1, 0.15) is 11.1 Å². The summed E-state index contributed by atoms with van der Waals surface area (Å²) in [6.07, 6.45) is 2.28. The Balaban J connectivity index is 1.56. The third-order valence-electron chi connectivity index (χ3n) is 5.22. The van der Waals surface area contributed by atoms with Gasteiger partial charge in [0.25, 0.3) is 0 Å². The Morgan fingerprint density at radius 1 is 1.28 bits per heavy atom. The van der Waals surface area contributed by atoms with Crippen molar-refractivity contribution < 1.29 is 14.6 Å². The van der Waals surface area contributed by atoms with Crippen LogP contribution in [0.3, 0.4) is 0 Å². The lowest BCUT2D eigenvalue weighted by atomic mass is 9.91. The number of aliphatic hydroxyl groups is 1. The molecule has 1 aromatic carbocycles. The number of imidazole rings is 1. The maximum Gasteiger partial charge on any atom is 0.410 e. The number of hydrogen-bond acceptors (Lipinski definition) is 5. The molecule has 0 aliphatic carbocycles. The van der Waals surface area contributed by atoms with E-state index < -0.39 is 11.2 Å². The molecule has 7 nitrogen and oxygen atoms in total. The highest BCUT2D eigenvalue weighted by Gasteiger charge is 2.36. The van der Waals surface area contributed by atoms with Crippen molar-refractivity contribution in [1.29, 1.82) is 0 Å². The summed E-state index contributed by atoms with van der Waals surface area (Å²) in [6, 6.07) is 7.75. The van der Waals surface area contributed by atoms with E-state index in [2.05, 4.69) is 9.97 Å². The highest BCUT2D eigenvalue weighted by molar-refractivity contribution is 6.35. The van der Waals surface area contributed by atoms with Crippen LogP contribution in [0.15, 0.2) is 30.6 Å². The number of para-hydroxylation sites is 1. The Hall–Kier alpha value is -2.38. The predicted octanol–water partition coefficient (Wildman–Crippen LogP) is 4.00. The van der Waals surface area contributed by atoms with Crippen molar-refractivity contribution in [2.45, 2.75) is 51.4 Å². The van der Waals surface area contributed by atoms with Crippen molar-refractivity contribution in [2.24, 2.45) is 0 Å². The SMILES string of the molecule is CC(C)(C)OC(=O)N1CCC(O)(Cn2cnc3c(Cl)nc4ccccc4c32)CC1. The van der Waals surface area contributed by atoms with Gasteiger partial charge in [-0.3, -0.25) is 0 Å². The maximum atomic E-state index is 12.3. The van der Waals surface area contributed by atoms with Gasteiger partial charge in [0.05, 0.1) is 29.5 Å². The van der Waals surface area contributed by atoms with Crippen LogP contribution in [0.25, 0.3) is 21.9 Å². The molecule has 3 aromatic rings. The lowest BCUT2D eigenvalue weighted by Crippen LogP contribution is -2.49. The minimum Gasteiger partial charge on any atom is -0.444 e. The van der Waals surface area contributed by atoms with E-state index in [1.807, 2.05) is 49.6 Å². The topological polar surface area (TPSA) is 80.5 Å². The van der Waals surface area contributed by atoms with Gasteiger partial charge in [-0.05, 0) is 39.7 Å². The molecule has 0 spiro atoms. The lowest BCUT2D eigenvalue weighted by Gasteiger charge is -2.38. The number of ether oxygens (including phenoxy) is 1. The van der Waals surface area contributed by atoms with Gasteiger partial charge in [-0.2, -0.15) is 0 Å². The van der Waals surface area contributed by atoms with Crippen LogP contribution >= 0.6 is 11.6 Å². The Kier molecular flexibility index (Phi) is 4.91. The molecule has 0 radical (unpaired) electrons. The summed E-state index contributed by atoms with van der Waals surface area (Å²) in [5.41, 5.74) is 0.806. The number of likely N-dealkylation sites (tertiary alicyclic amines) is 1. The summed E-state index contributed by atoms with van der Waals surface area (Å²) in [7, 11) is 0. The van der Waals surface area contributed by atoms with Crippen LogP contribution in [0.1, 0.15) is 33.6 Å². The zero-order chi connectivity index (χ0) is 20.8. The van der Waals surface area contributed by atoms with Gasteiger partial charge in [0.15, 0.2) is 5.15 Å². The summed E-state index contributed by atoms with van der Waals surface area (Å²) in [6.45, 7) is 6.80. The van der Waals surface area contributed by atoms with Crippen LogP contribution in [-0.2, 0) is 11.3 Å². The molecule has 1 fully saturated rings. The number of aromatic nitrogens is 3. The van der Waals surface area contributed by atoms with Gasteiger partial charge in [0.2, 0.25) is 0 Å². The van der Waals surface area contributed by atoms with E-state index in [0.29, 0.717) is 43.1 Å². The minimum atomic E-state index is -0.941. The molecule has 0 saturated carbocycles. The van der Waals surface area contributed by atoms with Crippen LogP contribution in [-0.4, -0.2) is 54.9 Å². The van der Waals surface area contributed by atoms with E-state index in [1.165, 1.54) is 0 Å². The first-order valence-corrected chi connectivity index (χ1v) is 10.1. The van der Waals surface area contributed by atoms with Gasteiger partial charge in [0, 0.05) is 18.5 Å². The average molecular weight is 417 g/mol. The van der Waals surface area contributed by atoms with Crippen LogP contribution in [0.2, 0.25) is 5.15 Å². The van der Waals surface area contributed by atoms with Gasteiger partial charge in [-0.15, -0.1) is 0 Å². The molecule has 0 atom stereocenters. The Morgan fingerprint density at radius 3 is 2.66 bits per heavy atom. The van der Waals surface area contributed by atoms with E-state index >= 15 is 0 Å². The van der Waals surface area contributed by atoms with E-state index in [4.69, 9.17) is 16.3 Å². The van der Waals surface area contributed by atoms with Gasteiger partial charge in [-0.1, -0.05) is 29.8 Å². The fourth-order valence-corrected chi connectivity index (χ4v) is 4.00. The second kappa shape index (κ2) is 7.15. The second-order valence-electron chi connectivity index (χ2n) is 8.68. The molecule has 1 amide bonds. The standard InChI is InChI=1S/C21H25ClN4O3/c1-20(2,3)29-19(27)25-10-8-21(28,9-11-25)12-26-13-23-16-17(26)14-6-4-5-7-15(14)24-18(16)22/h4-7,13,28H,8-12H2,1-3H3. The van der Waals surface area contributed by atoms with Crippen molar-refractivity contribution >= 4 is 39.6 Å². The zero-order valence-electron chi connectivity index (χ0n) is 16.9. The number of amides is 1. The van der Waals surface area contributed by atoms with E-state index in [0.717, 1.165) is 16.4 Å². The predicted molar refractivity (Wildman–Crippen MR) is 112 cm³/mol. The molecule has 2 aromatic heterocycles. The molecule has 154 valence electrons. The Morgan fingerprint density at radius 2 is 1.97 bits per heavy atom. The molecule has 29 heavy (non-hydrogen) atoms. The molecule has 4 rings (SSSR count). The monoisotopic (exact) mass is 416 g/mol. The van der Waals surface area contributed by atoms with Gasteiger partial charge in [-0.25, -0.2) is 14.8 Å². The average Bonchev–Trinajstić information content (AvgIpc) is 3.05. The highest BCUT2D eigenvalue weighted by Crippen LogP contribution is 2.31. The molecular weight excluding hydrogens is 392 g/mol. The first-order valence-electron chi connectivity index (χ1n) is 9.75. The molecule has 0 bridgehead atoms. The third-order valence-corrected chi connectivity index (χ3v) is 5.48. The lowest BCUT2D eigenvalue weighted by molar-refractivity contribution is -0.0408. The molecule has 1 aliphatic rings. The third kappa shape index (κ3) is 4.02. The molecule has 8 heteroatoms. The normalized spacial score (nSPS) is 17.1. The van der Waals surface area contributed by atoms with E-state index in [9.17, 15) is 9.90 Å². The van der Waals surface area contributed by atoms with Crippen LogP contribution in [0, 0.1) is 0 Å². The maximum absolute atomic E-state index is 12.3.